The van der Waals surface area contributed by atoms with E-state index in [-0.39, 0.29) is 31.0 Å². The second-order valence-corrected chi connectivity index (χ2v) is 15.6. The molecule has 2 aliphatic carbocycles. The number of nitrogens with zero attached hydrogens (tertiary/aromatic N) is 3. The molecule has 7 rings (SSSR count). The highest BCUT2D eigenvalue weighted by Gasteiger charge is 2.62. The molecule has 1 saturated heterocycles. The lowest BCUT2D eigenvalue weighted by molar-refractivity contribution is -0.151. The van der Waals surface area contributed by atoms with Crippen LogP contribution < -0.4 is 16.2 Å². The highest BCUT2D eigenvalue weighted by atomic mass is 32.1. The number of nitrogens with one attached hydrogen (secondary N) is 2. The molecule has 0 radical (unpaired) electrons. The lowest BCUT2D eigenvalue weighted by atomic mass is 10.0. The van der Waals surface area contributed by atoms with Crippen molar-refractivity contribution >= 4 is 52.3 Å². The predicted octanol–water partition coefficient (Wildman–Crippen LogP) is 4.93. The zero-order chi connectivity index (χ0) is 36.4. The first-order valence-electron chi connectivity index (χ1n) is 17.9. The summed E-state index contributed by atoms with van der Waals surface area (Å²) in [5.41, 5.74) is 0.649. The Bertz CT molecular complexity index is 1920. The summed E-state index contributed by atoms with van der Waals surface area (Å²) >= 11 is 2.95. The van der Waals surface area contributed by atoms with Crippen LogP contribution in [0, 0.1) is 5.92 Å². The number of hydrogen-bond donors (Lipinski definition) is 3. The van der Waals surface area contributed by atoms with Crippen molar-refractivity contribution in [3.63, 3.8) is 0 Å². The molecule has 0 bridgehead atoms. The predicted molar refractivity (Wildman–Crippen MR) is 194 cm³/mol. The van der Waals surface area contributed by atoms with Crippen molar-refractivity contribution in [3.8, 4) is 22.3 Å². The van der Waals surface area contributed by atoms with Gasteiger partial charge in [-0.1, -0.05) is 25.0 Å². The van der Waals surface area contributed by atoms with Gasteiger partial charge in [0.1, 0.15) is 23.7 Å². The largest absolute Gasteiger partial charge is 0.475 e. The van der Waals surface area contributed by atoms with Crippen molar-refractivity contribution in [2.24, 2.45) is 5.92 Å². The third-order valence-electron chi connectivity index (χ3n) is 10.7. The van der Waals surface area contributed by atoms with Gasteiger partial charge in [-0.2, -0.15) is 27.8 Å². The fraction of sp³-hybridized carbons (Fsp3) is 0.486. The molecule has 3 aromatic heterocycles. The molecule has 5 atom stereocenters. The van der Waals surface area contributed by atoms with Gasteiger partial charge in [-0.05, 0) is 96.1 Å². The molecule has 3 aromatic rings. The van der Waals surface area contributed by atoms with Crippen LogP contribution in [-0.2, 0) is 23.9 Å². The number of aliphatic carboxylic acids is 1. The molecular weight excluding hydrogens is 707 g/mol. The maximum atomic E-state index is 14.5. The molecule has 4 aliphatic rings. The molecule has 3 amide bonds. The molecule has 15 heteroatoms. The van der Waals surface area contributed by atoms with E-state index >= 15 is 0 Å². The third kappa shape index (κ3) is 7.20. The minimum Gasteiger partial charge on any atom is -0.475 e. The number of amides is 3. The molecule has 3 N–H and O–H groups in total. The Balaban J connectivity index is 1.24. The summed E-state index contributed by atoms with van der Waals surface area (Å²) < 4.78 is 6.95. The van der Waals surface area contributed by atoms with Crippen LogP contribution >= 0.6 is 22.7 Å². The minimum absolute atomic E-state index is 0.0254. The van der Waals surface area contributed by atoms with Gasteiger partial charge in [0.05, 0.1) is 17.8 Å². The first-order valence-corrected chi connectivity index (χ1v) is 19.8. The zero-order valence-electron chi connectivity index (χ0n) is 28.5. The Morgan fingerprint density at radius 3 is 2.42 bits per heavy atom. The molecule has 0 spiro atoms. The molecule has 13 nitrogen and oxygen atoms in total. The number of aromatic nitrogens is 2. The van der Waals surface area contributed by atoms with Gasteiger partial charge in [0.2, 0.25) is 11.8 Å². The summed E-state index contributed by atoms with van der Waals surface area (Å²) in [6.45, 7) is -0.0796. The fourth-order valence-corrected chi connectivity index (χ4v) is 9.15. The highest BCUT2D eigenvalue weighted by Crippen LogP contribution is 2.46. The SMILES string of the molecule is O=C(N[C@@H]1CCCCC/C=C\[C@@H]2CC2(C(=O)C(=O)O)NC(=O)[C@@H]2C[C@@H](n3ncc(-c4ccsc4)c(-c4ccsc4)c3=O)CN2C1=O)OC1CCCC1. The van der Waals surface area contributed by atoms with Crippen LogP contribution in [0.15, 0.2) is 56.8 Å². The molecule has 274 valence electrons. The molecule has 3 fully saturated rings. The van der Waals surface area contributed by atoms with Crippen molar-refractivity contribution < 1.29 is 33.8 Å². The Morgan fingerprint density at radius 1 is 0.981 bits per heavy atom. The second-order valence-electron chi connectivity index (χ2n) is 14.1. The number of ketones is 1. The number of alkyl carbamates (subject to hydrolysis) is 1. The van der Waals surface area contributed by atoms with Gasteiger partial charge in [0, 0.05) is 24.4 Å². The van der Waals surface area contributed by atoms with Gasteiger partial charge in [-0.15, -0.1) is 0 Å². The number of carbonyl (C=O) groups excluding carboxylic acids is 4. The summed E-state index contributed by atoms with van der Waals surface area (Å²) in [5, 5.41) is 27.4. The Kier molecular flexibility index (Phi) is 10.4. The number of carboxylic acids is 1. The molecule has 2 saturated carbocycles. The van der Waals surface area contributed by atoms with E-state index in [1.165, 1.54) is 32.3 Å². The summed E-state index contributed by atoms with van der Waals surface area (Å²) in [6, 6.07) is 0.829. The molecular formula is C37H41N5O8S2. The maximum absolute atomic E-state index is 14.5. The van der Waals surface area contributed by atoms with Crippen molar-refractivity contribution in [1.29, 1.82) is 0 Å². The molecule has 0 aromatic carbocycles. The molecule has 5 heterocycles. The molecule has 2 aliphatic heterocycles. The number of hydrogen-bond acceptors (Lipinski definition) is 10. The number of thiophene rings is 2. The van der Waals surface area contributed by atoms with Crippen LogP contribution in [0.4, 0.5) is 4.79 Å². The first-order chi connectivity index (χ1) is 25.2. The van der Waals surface area contributed by atoms with E-state index < -0.39 is 59.2 Å². The van der Waals surface area contributed by atoms with Gasteiger partial charge in [0.25, 0.3) is 11.3 Å². The summed E-state index contributed by atoms with van der Waals surface area (Å²) in [5.74, 6) is -4.51. The van der Waals surface area contributed by atoms with Crippen LogP contribution in [0.2, 0.25) is 0 Å². The number of carbonyl (C=O) groups is 5. The van der Waals surface area contributed by atoms with Gasteiger partial charge >= 0.3 is 12.1 Å². The zero-order valence-corrected chi connectivity index (χ0v) is 30.2. The van der Waals surface area contributed by atoms with Crippen molar-refractivity contribution in [2.75, 3.05) is 6.54 Å². The Hall–Kier alpha value is -4.63. The normalized spacial score (nSPS) is 27.4. The van der Waals surface area contributed by atoms with Crippen molar-refractivity contribution in [3.05, 3.63) is 62.4 Å². The van der Waals surface area contributed by atoms with E-state index in [0.717, 1.165) is 49.7 Å². The second kappa shape index (κ2) is 15.2. The van der Waals surface area contributed by atoms with Gasteiger partial charge in [-0.25, -0.2) is 14.3 Å². The average Bonchev–Trinajstić information content (AvgIpc) is 3.81. The van der Waals surface area contributed by atoms with Crippen molar-refractivity contribution in [1.82, 2.24) is 25.3 Å². The van der Waals surface area contributed by atoms with Gasteiger partial charge < -0.3 is 25.4 Å². The third-order valence-corrected chi connectivity index (χ3v) is 12.1. The number of rotatable bonds is 7. The van der Waals surface area contributed by atoms with Crippen LogP contribution in [0.3, 0.4) is 0 Å². The fourth-order valence-electron chi connectivity index (χ4n) is 7.85. The quantitative estimate of drug-likeness (QED) is 0.224. The summed E-state index contributed by atoms with van der Waals surface area (Å²) in [6.07, 6.45) is 11.0. The number of allylic oxidation sites excluding steroid dienone is 1. The number of ether oxygens (including phenoxy) is 1. The number of fused-ring (bicyclic) bond motifs is 2. The molecule has 1 unspecified atom stereocenters. The topological polar surface area (TPSA) is 177 Å². The number of carboxylic acid groups (broad SMARTS) is 1. The highest BCUT2D eigenvalue weighted by molar-refractivity contribution is 7.08. The van der Waals surface area contributed by atoms with E-state index in [0.29, 0.717) is 30.4 Å². The van der Waals surface area contributed by atoms with Gasteiger partial charge in [-0.3, -0.25) is 19.2 Å². The van der Waals surface area contributed by atoms with Crippen LogP contribution in [0.1, 0.15) is 76.7 Å². The first kappa shape index (κ1) is 35.8. The summed E-state index contributed by atoms with van der Waals surface area (Å²) in [4.78, 5) is 82.5. The van der Waals surface area contributed by atoms with Crippen LogP contribution in [0.5, 0.6) is 0 Å². The lowest BCUT2D eigenvalue weighted by Crippen LogP contribution is -2.57. The van der Waals surface area contributed by atoms with Crippen LogP contribution in [0.25, 0.3) is 22.3 Å². The van der Waals surface area contributed by atoms with E-state index in [1.54, 1.807) is 12.3 Å². The maximum Gasteiger partial charge on any atom is 0.408 e. The smallest absolute Gasteiger partial charge is 0.408 e. The van der Waals surface area contributed by atoms with E-state index in [2.05, 4.69) is 15.7 Å². The Morgan fingerprint density at radius 2 is 1.71 bits per heavy atom. The van der Waals surface area contributed by atoms with Crippen LogP contribution in [-0.4, -0.2) is 79.7 Å². The summed E-state index contributed by atoms with van der Waals surface area (Å²) in [7, 11) is 0. The standard InChI is InChI=1S/C37H41N5O8S2/c43-31(35(47)48)37-17-24(37)8-4-2-1-3-5-11-28(39-36(49)50-26-9-6-7-10-26)33(45)41-19-25(16-29(41)32(44)40-37)42-34(46)30(23-13-15-52-21-23)27(18-38-42)22-12-14-51-20-22/h4,8,12-15,18,20-21,24-26,28-29H,1-3,5-7,9-11,16-17,19H2,(H,39,49)(H,40,44)(H,47,48)/b8-4-/t24-,25-,28-,29+,37?/m1/s1. The monoisotopic (exact) mass is 747 g/mol. The van der Waals surface area contributed by atoms with Gasteiger partial charge in [0.15, 0.2) is 0 Å². The minimum atomic E-state index is -1.65. The van der Waals surface area contributed by atoms with E-state index in [4.69, 9.17) is 4.74 Å². The average molecular weight is 748 g/mol. The molecule has 52 heavy (non-hydrogen) atoms. The van der Waals surface area contributed by atoms with E-state index in [9.17, 15) is 33.9 Å². The Labute approximate surface area is 308 Å². The lowest BCUT2D eigenvalue weighted by Gasteiger charge is -2.29. The van der Waals surface area contributed by atoms with Crippen molar-refractivity contribution in [2.45, 2.75) is 100 Å². The van der Waals surface area contributed by atoms with E-state index in [1.807, 2.05) is 39.7 Å². The number of Topliss-reactive ketones (excluding diaryl/α,β-unsaturated/α-hetero) is 1.